The van der Waals surface area contributed by atoms with E-state index >= 15 is 0 Å². The van der Waals surface area contributed by atoms with E-state index in [2.05, 4.69) is 18.0 Å². The number of aliphatic carboxylic acids is 2. The maximum Gasteiger partial charge on any atom is 0.328 e. The molecule has 2 fully saturated rings. The Labute approximate surface area is 181 Å². The predicted molar refractivity (Wildman–Crippen MR) is 113 cm³/mol. The SMILES string of the molecule is CN1CCC(c2ccc(Cl)c(Cl)c2)C(COCC2CC2)C1.O=C(O)C=CC(=O)O. The van der Waals surface area contributed by atoms with E-state index in [9.17, 15) is 9.59 Å². The van der Waals surface area contributed by atoms with E-state index in [0.29, 0.717) is 34.0 Å². The molecule has 0 radical (unpaired) electrons. The minimum Gasteiger partial charge on any atom is -0.478 e. The molecule has 3 rings (SSSR count). The molecule has 1 saturated heterocycles. The minimum absolute atomic E-state index is 0.523. The van der Waals surface area contributed by atoms with Crippen LogP contribution in [0.25, 0.3) is 0 Å². The molecule has 2 N–H and O–H groups in total. The summed E-state index contributed by atoms with van der Waals surface area (Å²) in [7, 11) is 2.19. The van der Waals surface area contributed by atoms with Crippen molar-refractivity contribution in [1.29, 1.82) is 0 Å². The molecule has 1 saturated carbocycles. The standard InChI is InChI=1S/C17H23Cl2NO.C4H4O4/c1-20-7-6-15(13-4-5-16(18)17(19)8-13)14(9-20)11-21-10-12-2-3-12;5-3(6)1-2-4(7)8/h4-5,8,12,14-15H,2-3,6-7,9-11H2,1H3;1-2H,(H,5,6)(H,7,8). The largest absolute Gasteiger partial charge is 0.478 e. The summed E-state index contributed by atoms with van der Waals surface area (Å²) in [6.07, 6.45) is 4.97. The van der Waals surface area contributed by atoms with Crippen molar-refractivity contribution in [3.05, 3.63) is 46.0 Å². The van der Waals surface area contributed by atoms with E-state index < -0.39 is 11.9 Å². The van der Waals surface area contributed by atoms with Crippen molar-refractivity contribution in [2.75, 3.05) is 33.4 Å². The summed E-state index contributed by atoms with van der Waals surface area (Å²) in [5, 5.41) is 16.9. The summed E-state index contributed by atoms with van der Waals surface area (Å²) in [4.78, 5) is 21.5. The van der Waals surface area contributed by atoms with Crippen LogP contribution in [0.5, 0.6) is 0 Å². The lowest BCUT2D eigenvalue weighted by Crippen LogP contribution is -2.39. The van der Waals surface area contributed by atoms with Gasteiger partial charge in [0.05, 0.1) is 16.7 Å². The lowest BCUT2D eigenvalue weighted by Gasteiger charge is -2.37. The Morgan fingerprint density at radius 1 is 1.10 bits per heavy atom. The number of carbonyl (C=O) groups is 2. The van der Waals surface area contributed by atoms with Gasteiger partial charge in [0, 0.05) is 31.2 Å². The molecule has 0 bridgehead atoms. The van der Waals surface area contributed by atoms with Crippen LogP contribution in [0.15, 0.2) is 30.4 Å². The average Bonchev–Trinajstić information content (AvgIpc) is 3.48. The summed E-state index contributed by atoms with van der Waals surface area (Å²) >= 11 is 12.2. The van der Waals surface area contributed by atoms with Crippen molar-refractivity contribution < 1.29 is 24.5 Å². The average molecular weight is 444 g/mol. The van der Waals surface area contributed by atoms with E-state index in [4.69, 9.17) is 38.2 Å². The Balaban J connectivity index is 0.000000321. The molecule has 1 aliphatic carbocycles. The number of rotatable bonds is 7. The highest BCUT2D eigenvalue weighted by molar-refractivity contribution is 6.42. The van der Waals surface area contributed by atoms with Crippen LogP contribution in [0.1, 0.15) is 30.7 Å². The van der Waals surface area contributed by atoms with Gasteiger partial charge < -0.3 is 19.8 Å². The van der Waals surface area contributed by atoms with Gasteiger partial charge in [-0.3, -0.25) is 0 Å². The van der Waals surface area contributed by atoms with Crippen LogP contribution in [0, 0.1) is 11.8 Å². The van der Waals surface area contributed by atoms with Crippen LogP contribution in [-0.4, -0.2) is 60.4 Å². The lowest BCUT2D eigenvalue weighted by molar-refractivity contribution is -0.134. The Kier molecular flexibility index (Phi) is 9.43. The molecule has 8 heteroatoms. The van der Waals surface area contributed by atoms with Crippen LogP contribution >= 0.6 is 23.2 Å². The fourth-order valence-electron chi connectivity index (χ4n) is 3.38. The first-order valence-corrected chi connectivity index (χ1v) is 10.4. The molecular formula is C21H27Cl2NO5. The fourth-order valence-corrected chi connectivity index (χ4v) is 3.68. The van der Waals surface area contributed by atoms with Crippen molar-refractivity contribution in [2.45, 2.75) is 25.2 Å². The first-order valence-electron chi connectivity index (χ1n) is 9.61. The van der Waals surface area contributed by atoms with E-state index in [-0.39, 0.29) is 0 Å². The first kappa shape index (κ1) is 23.7. The second-order valence-electron chi connectivity index (χ2n) is 7.58. The molecule has 2 aliphatic rings. The molecular weight excluding hydrogens is 417 g/mol. The molecule has 2 unspecified atom stereocenters. The molecule has 0 aromatic heterocycles. The van der Waals surface area contributed by atoms with Gasteiger partial charge in [0.15, 0.2) is 0 Å². The van der Waals surface area contributed by atoms with Crippen molar-refractivity contribution in [3.8, 4) is 0 Å². The van der Waals surface area contributed by atoms with Gasteiger partial charge in [-0.2, -0.15) is 0 Å². The van der Waals surface area contributed by atoms with Crippen LogP contribution in [0.2, 0.25) is 10.0 Å². The summed E-state index contributed by atoms with van der Waals surface area (Å²) in [6, 6.07) is 6.07. The molecule has 1 aliphatic heterocycles. The number of halogens is 2. The van der Waals surface area contributed by atoms with Crippen molar-refractivity contribution in [2.24, 2.45) is 11.8 Å². The van der Waals surface area contributed by atoms with Crippen LogP contribution < -0.4 is 0 Å². The molecule has 0 amide bonds. The normalized spacial score (nSPS) is 22.2. The third kappa shape index (κ3) is 8.74. The second kappa shape index (κ2) is 11.6. The zero-order chi connectivity index (χ0) is 21.4. The zero-order valence-electron chi connectivity index (χ0n) is 16.4. The topological polar surface area (TPSA) is 87.1 Å². The summed E-state index contributed by atoms with van der Waals surface area (Å²) < 4.78 is 5.97. The van der Waals surface area contributed by atoms with Gasteiger partial charge in [-0.1, -0.05) is 29.3 Å². The number of carboxylic acids is 2. The molecule has 1 heterocycles. The van der Waals surface area contributed by atoms with E-state index in [0.717, 1.165) is 38.6 Å². The molecule has 2 atom stereocenters. The summed E-state index contributed by atoms with van der Waals surface area (Å²) in [5.41, 5.74) is 1.30. The molecule has 160 valence electrons. The number of likely N-dealkylation sites (tertiary alicyclic amines) is 1. The number of hydrogen-bond donors (Lipinski definition) is 2. The first-order chi connectivity index (χ1) is 13.8. The Morgan fingerprint density at radius 2 is 1.76 bits per heavy atom. The van der Waals surface area contributed by atoms with Gasteiger partial charge in [-0.05, 0) is 62.4 Å². The number of nitrogens with zero attached hydrogens (tertiary/aromatic N) is 1. The highest BCUT2D eigenvalue weighted by Crippen LogP contribution is 2.36. The molecule has 1 aromatic carbocycles. The third-order valence-electron chi connectivity index (χ3n) is 5.06. The quantitative estimate of drug-likeness (QED) is 0.614. The molecule has 0 spiro atoms. The molecule has 6 nitrogen and oxygen atoms in total. The number of ether oxygens (including phenoxy) is 1. The number of benzene rings is 1. The minimum atomic E-state index is -1.26. The van der Waals surface area contributed by atoms with Crippen molar-refractivity contribution in [3.63, 3.8) is 0 Å². The number of carboxylic acid groups (broad SMARTS) is 2. The van der Waals surface area contributed by atoms with E-state index in [1.807, 2.05) is 12.1 Å². The number of piperidine rings is 1. The maximum atomic E-state index is 9.55. The Hall–Kier alpha value is -1.60. The maximum absolute atomic E-state index is 9.55. The molecule has 1 aromatic rings. The monoisotopic (exact) mass is 443 g/mol. The Morgan fingerprint density at radius 3 is 2.31 bits per heavy atom. The third-order valence-corrected chi connectivity index (χ3v) is 5.80. The van der Waals surface area contributed by atoms with Gasteiger partial charge >= 0.3 is 11.9 Å². The lowest BCUT2D eigenvalue weighted by atomic mass is 9.81. The van der Waals surface area contributed by atoms with Crippen LogP contribution in [0.3, 0.4) is 0 Å². The smallest absolute Gasteiger partial charge is 0.328 e. The van der Waals surface area contributed by atoms with Crippen LogP contribution in [-0.2, 0) is 14.3 Å². The van der Waals surface area contributed by atoms with E-state index in [1.165, 1.54) is 18.4 Å². The van der Waals surface area contributed by atoms with Crippen molar-refractivity contribution >= 4 is 35.1 Å². The molecule has 29 heavy (non-hydrogen) atoms. The zero-order valence-corrected chi connectivity index (χ0v) is 17.9. The van der Waals surface area contributed by atoms with Gasteiger partial charge in [0.25, 0.3) is 0 Å². The van der Waals surface area contributed by atoms with Gasteiger partial charge in [-0.15, -0.1) is 0 Å². The van der Waals surface area contributed by atoms with E-state index in [1.54, 1.807) is 0 Å². The van der Waals surface area contributed by atoms with Crippen molar-refractivity contribution in [1.82, 2.24) is 4.90 Å². The van der Waals surface area contributed by atoms with Gasteiger partial charge in [0.2, 0.25) is 0 Å². The van der Waals surface area contributed by atoms with Crippen LogP contribution in [0.4, 0.5) is 0 Å². The highest BCUT2D eigenvalue weighted by Gasteiger charge is 2.30. The van der Waals surface area contributed by atoms with Gasteiger partial charge in [-0.25, -0.2) is 9.59 Å². The fraction of sp³-hybridized carbons (Fsp3) is 0.524. The second-order valence-corrected chi connectivity index (χ2v) is 8.40. The predicted octanol–water partition coefficient (Wildman–Crippen LogP) is 4.17. The number of hydrogen-bond acceptors (Lipinski definition) is 4. The Bertz CT molecular complexity index is 720. The highest BCUT2D eigenvalue weighted by atomic mass is 35.5. The summed E-state index contributed by atoms with van der Waals surface area (Å²) in [6.45, 7) is 4.01. The summed E-state index contributed by atoms with van der Waals surface area (Å²) in [5.74, 6) is -0.621. The van der Waals surface area contributed by atoms with Gasteiger partial charge in [0.1, 0.15) is 0 Å².